The second kappa shape index (κ2) is 11.4. The third-order valence-corrected chi connectivity index (χ3v) is 6.97. The average molecular weight is 516 g/mol. The molecule has 4 rings (SSSR count). The number of hydrogen-bond donors (Lipinski definition) is 3. The quantitative estimate of drug-likeness (QED) is 0.500. The summed E-state index contributed by atoms with van der Waals surface area (Å²) >= 11 is 0. The second-order valence-electron chi connectivity index (χ2n) is 10.9. The Hall–Kier alpha value is -3.34. The zero-order chi connectivity index (χ0) is 26.6. The molecule has 2 saturated heterocycles. The Morgan fingerprint density at radius 1 is 0.946 bits per heavy atom. The van der Waals surface area contributed by atoms with E-state index >= 15 is 0 Å². The van der Waals surface area contributed by atoms with Gasteiger partial charge in [-0.1, -0.05) is 30.3 Å². The molecule has 11 nitrogen and oxygen atoms in total. The lowest BCUT2D eigenvalue weighted by Crippen LogP contribution is -2.55. The van der Waals surface area contributed by atoms with Crippen molar-refractivity contribution in [1.82, 2.24) is 26.1 Å². The average Bonchev–Trinajstić information content (AvgIpc) is 3.10. The maximum atomic E-state index is 12.9. The highest BCUT2D eigenvalue weighted by Gasteiger charge is 2.48. The number of nitrogens with zero attached hydrogens (tertiary/aromatic N) is 2. The van der Waals surface area contributed by atoms with Gasteiger partial charge >= 0.3 is 12.1 Å². The van der Waals surface area contributed by atoms with Crippen molar-refractivity contribution in [3.8, 4) is 0 Å². The van der Waals surface area contributed by atoms with Gasteiger partial charge in [-0.3, -0.25) is 25.3 Å². The molecule has 0 aromatic heterocycles. The molecule has 202 valence electrons. The molecule has 37 heavy (non-hydrogen) atoms. The number of carbonyl (C=O) groups is 4. The van der Waals surface area contributed by atoms with E-state index in [1.807, 2.05) is 51.1 Å². The molecule has 2 atom stereocenters. The monoisotopic (exact) mass is 515 g/mol. The SMILES string of the molecule is CC(C)(C)OC(=O)NC1CCC(C(=O)NNC(=O)[C@@H]2CC[C@@H]3CN2C(=O)N3OCc2ccccc2)CC1. The fourth-order valence-electron chi connectivity index (χ4n) is 5.07. The fraction of sp³-hybridized carbons (Fsp3) is 0.615. The van der Waals surface area contributed by atoms with Gasteiger partial charge in [0.25, 0.3) is 5.91 Å². The number of hydrogen-bond acceptors (Lipinski definition) is 6. The van der Waals surface area contributed by atoms with Gasteiger partial charge in [0, 0.05) is 18.5 Å². The van der Waals surface area contributed by atoms with E-state index in [1.54, 1.807) is 0 Å². The maximum absolute atomic E-state index is 12.9. The van der Waals surface area contributed by atoms with E-state index in [0.29, 0.717) is 45.1 Å². The molecule has 2 aliphatic heterocycles. The summed E-state index contributed by atoms with van der Waals surface area (Å²) in [5.41, 5.74) is 5.44. The van der Waals surface area contributed by atoms with E-state index in [1.165, 1.54) is 9.96 Å². The molecule has 0 unspecified atom stereocenters. The Morgan fingerprint density at radius 2 is 1.62 bits per heavy atom. The highest BCUT2D eigenvalue weighted by molar-refractivity contribution is 5.90. The number of rotatable bonds is 6. The Kier molecular flexibility index (Phi) is 8.21. The van der Waals surface area contributed by atoms with Crippen LogP contribution in [0.5, 0.6) is 0 Å². The summed E-state index contributed by atoms with van der Waals surface area (Å²) in [6, 6.07) is 8.45. The van der Waals surface area contributed by atoms with E-state index in [0.717, 1.165) is 5.56 Å². The minimum absolute atomic E-state index is 0.0445. The predicted octanol–water partition coefficient (Wildman–Crippen LogP) is 2.62. The van der Waals surface area contributed by atoms with Gasteiger partial charge in [-0.2, -0.15) is 5.06 Å². The zero-order valence-corrected chi connectivity index (χ0v) is 21.7. The van der Waals surface area contributed by atoms with E-state index < -0.39 is 23.6 Å². The lowest BCUT2D eigenvalue weighted by molar-refractivity contribution is -0.140. The van der Waals surface area contributed by atoms with Crippen LogP contribution in [0.25, 0.3) is 0 Å². The van der Waals surface area contributed by atoms with Gasteiger partial charge in [-0.15, -0.1) is 0 Å². The van der Waals surface area contributed by atoms with Crippen LogP contribution in [0, 0.1) is 5.92 Å². The first-order valence-corrected chi connectivity index (χ1v) is 13.0. The molecule has 1 saturated carbocycles. The number of alkyl carbamates (subject to hydrolysis) is 1. The van der Waals surface area contributed by atoms with Gasteiger partial charge in [0.1, 0.15) is 18.2 Å². The summed E-state index contributed by atoms with van der Waals surface area (Å²) in [6.45, 7) is 6.11. The summed E-state index contributed by atoms with van der Waals surface area (Å²) in [7, 11) is 0. The number of hydrazine groups is 1. The van der Waals surface area contributed by atoms with Crippen LogP contribution in [-0.2, 0) is 25.8 Å². The molecule has 0 spiro atoms. The normalized spacial score (nSPS) is 25.4. The van der Waals surface area contributed by atoms with Crippen LogP contribution in [0.3, 0.4) is 0 Å². The number of fused-ring (bicyclic) bond motifs is 2. The van der Waals surface area contributed by atoms with Crippen LogP contribution in [0.1, 0.15) is 64.9 Å². The van der Waals surface area contributed by atoms with Crippen LogP contribution in [0.2, 0.25) is 0 Å². The van der Waals surface area contributed by atoms with Crippen molar-refractivity contribution in [3.05, 3.63) is 35.9 Å². The van der Waals surface area contributed by atoms with Crippen molar-refractivity contribution < 1.29 is 28.8 Å². The van der Waals surface area contributed by atoms with Crippen LogP contribution >= 0.6 is 0 Å². The molecular weight excluding hydrogens is 478 g/mol. The van der Waals surface area contributed by atoms with E-state index in [-0.39, 0.29) is 36.5 Å². The van der Waals surface area contributed by atoms with Crippen LogP contribution in [-0.4, -0.2) is 64.2 Å². The number of nitrogens with one attached hydrogen (secondary N) is 3. The maximum Gasteiger partial charge on any atom is 0.407 e. The number of carbonyl (C=O) groups excluding carboxylic acids is 4. The zero-order valence-electron chi connectivity index (χ0n) is 21.7. The Balaban J connectivity index is 1.19. The van der Waals surface area contributed by atoms with Crippen LogP contribution in [0.4, 0.5) is 9.59 Å². The summed E-state index contributed by atoms with van der Waals surface area (Å²) < 4.78 is 5.29. The van der Waals surface area contributed by atoms with Crippen molar-refractivity contribution >= 4 is 23.9 Å². The van der Waals surface area contributed by atoms with E-state index in [9.17, 15) is 19.2 Å². The Morgan fingerprint density at radius 3 is 2.30 bits per heavy atom. The first kappa shape index (κ1) is 26.7. The minimum Gasteiger partial charge on any atom is -0.444 e. The molecule has 1 aromatic carbocycles. The topological polar surface area (TPSA) is 129 Å². The van der Waals surface area contributed by atoms with E-state index in [2.05, 4.69) is 16.2 Å². The third kappa shape index (κ3) is 6.91. The smallest absolute Gasteiger partial charge is 0.407 e. The number of piperidine rings is 1. The van der Waals surface area contributed by atoms with Crippen LogP contribution in [0.15, 0.2) is 30.3 Å². The van der Waals surface area contributed by atoms with Gasteiger partial charge in [-0.05, 0) is 64.9 Å². The van der Waals surface area contributed by atoms with Crippen molar-refractivity contribution in [2.75, 3.05) is 6.54 Å². The second-order valence-corrected chi connectivity index (χ2v) is 10.9. The molecular formula is C26H37N5O6. The molecule has 5 amide bonds. The number of amides is 5. The number of urea groups is 1. The summed E-state index contributed by atoms with van der Waals surface area (Å²) in [6.07, 6.45) is 3.15. The van der Waals surface area contributed by atoms with Gasteiger partial charge in [0.15, 0.2) is 0 Å². The van der Waals surface area contributed by atoms with Crippen molar-refractivity contribution in [2.45, 2.75) is 89.6 Å². The Labute approximate surface area is 217 Å². The molecule has 3 aliphatic rings. The molecule has 11 heteroatoms. The molecule has 3 N–H and O–H groups in total. The number of ether oxygens (including phenoxy) is 1. The van der Waals surface area contributed by atoms with Crippen molar-refractivity contribution in [3.63, 3.8) is 0 Å². The molecule has 1 aromatic rings. The molecule has 0 radical (unpaired) electrons. The minimum atomic E-state index is -0.664. The van der Waals surface area contributed by atoms with Crippen LogP contribution < -0.4 is 16.2 Å². The highest BCUT2D eigenvalue weighted by atomic mass is 16.7. The Bertz CT molecular complexity index is 989. The third-order valence-electron chi connectivity index (χ3n) is 6.97. The first-order valence-electron chi connectivity index (χ1n) is 13.0. The predicted molar refractivity (Wildman–Crippen MR) is 133 cm³/mol. The standard InChI is InChI=1S/C26H37N5O6/c1-26(2,3)37-24(34)27-19-11-9-18(10-12-19)22(32)28-29-23(33)21-14-13-20-15-30(21)25(35)31(20)36-16-17-7-5-4-6-8-17/h4-8,18-21H,9-16H2,1-3H3,(H,27,34)(H,28,32)(H,29,33)/t18?,19?,20-,21+/m1/s1. The van der Waals surface area contributed by atoms with Gasteiger partial charge < -0.3 is 15.0 Å². The van der Waals surface area contributed by atoms with Gasteiger partial charge in [-0.25, -0.2) is 9.59 Å². The van der Waals surface area contributed by atoms with Crippen molar-refractivity contribution in [2.24, 2.45) is 5.92 Å². The molecule has 3 fully saturated rings. The fourth-order valence-corrected chi connectivity index (χ4v) is 5.07. The van der Waals surface area contributed by atoms with E-state index in [4.69, 9.17) is 9.57 Å². The van der Waals surface area contributed by atoms with Crippen molar-refractivity contribution in [1.29, 1.82) is 0 Å². The van der Waals surface area contributed by atoms with Gasteiger partial charge in [0.05, 0.1) is 6.04 Å². The summed E-state index contributed by atoms with van der Waals surface area (Å²) in [4.78, 5) is 57.7. The molecule has 2 heterocycles. The number of benzene rings is 1. The number of hydroxylamine groups is 2. The lowest BCUT2D eigenvalue weighted by Gasteiger charge is -2.31. The first-order chi connectivity index (χ1) is 17.6. The molecule has 1 aliphatic carbocycles. The summed E-state index contributed by atoms with van der Waals surface area (Å²) in [5, 5.41) is 4.23. The molecule has 2 bridgehead atoms. The van der Waals surface area contributed by atoms with Gasteiger partial charge in [0.2, 0.25) is 5.91 Å². The highest BCUT2D eigenvalue weighted by Crippen LogP contribution is 2.30. The largest absolute Gasteiger partial charge is 0.444 e. The lowest BCUT2D eigenvalue weighted by atomic mass is 9.85. The summed E-state index contributed by atoms with van der Waals surface area (Å²) in [5.74, 6) is -0.938.